The van der Waals surface area contributed by atoms with E-state index in [0.29, 0.717) is 23.4 Å². The Hall–Kier alpha value is -3.80. The van der Waals surface area contributed by atoms with Gasteiger partial charge in [0.15, 0.2) is 6.61 Å². The molecular weight excluding hydrogens is 382 g/mol. The summed E-state index contributed by atoms with van der Waals surface area (Å²) in [5.41, 5.74) is 1.97. The van der Waals surface area contributed by atoms with Crippen molar-refractivity contribution in [2.45, 2.75) is 13.2 Å². The molecule has 0 radical (unpaired) electrons. The third-order valence-corrected chi connectivity index (χ3v) is 4.36. The number of carbonyl (C=O) groups is 2. The van der Waals surface area contributed by atoms with E-state index in [1.807, 2.05) is 60.7 Å². The minimum atomic E-state index is -0.568. The first-order valence-corrected chi connectivity index (χ1v) is 9.48. The van der Waals surface area contributed by atoms with Crippen LogP contribution in [0.25, 0.3) is 0 Å². The molecule has 1 amide bonds. The number of esters is 1. The highest BCUT2D eigenvalue weighted by molar-refractivity contribution is 5.92. The van der Waals surface area contributed by atoms with E-state index in [2.05, 4.69) is 5.32 Å². The van der Waals surface area contributed by atoms with E-state index in [1.54, 1.807) is 25.3 Å². The summed E-state index contributed by atoms with van der Waals surface area (Å²) in [5, 5.41) is 2.72. The molecule has 1 N–H and O–H groups in total. The van der Waals surface area contributed by atoms with E-state index >= 15 is 0 Å². The van der Waals surface area contributed by atoms with Crippen LogP contribution in [0.2, 0.25) is 0 Å². The van der Waals surface area contributed by atoms with Crippen molar-refractivity contribution >= 4 is 11.9 Å². The summed E-state index contributed by atoms with van der Waals surface area (Å²) in [4.78, 5) is 24.5. The number of ether oxygens (including phenoxy) is 3. The molecule has 0 heterocycles. The second kappa shape index (κ2) is 10.7. The molecule has 0 aromatic heterocycles. The summed E-state index contributed by atoms with van der Waals surface area (Å²) < 4.78 is 16.0. The molecule has 0 saturated heterocycles. The standard InChI is InChI=1S/C24H23NO5/c1-28-20-13-11-18(12-14-20)15-25-23(26)17-30-24(27)22-10-6-5-7-19(22)16-29-21-8-3-2-4-9-21/h2-14H,15-17H2,1H3,(H,25,26). The second-order valence-electron chi connectivity index (χ2n) is 6.46. The van der Waals surface area contributed by atoms with Crippen LogP contribution in [-0.2, 0) is 22.7 Å². The molecule has 0 unspecified atom stereocenters. The predicted octanol–water partition coefficient (Wildman–Crippen LogP) is 3.75. The molecule has 3 aromatic rings. The molecule has 3 rings (SSSR count). The third-order valence-electron chi connectivity index (χ3n) is 4.36. The fourth-order valence-corrected chi connectivity index (χ4v) is 2.73. The predicted molar refractivity (Wildman–Crippen MR) is 112 cm³/mol. The molecule has 6 heteroatoms. The second-order valence-corrected chi connectivity index (χ2v) is 6.46. The average Bonchev–Trinajstić information content (AvgIpc) is 2.81. The van der Waals surface area contributed by atoms with Crippen LogP contribution in [-0.4, -0.2) is 25.6 Å². The molecule has 0 atom stereocenters. The van der Waals surface area contributed by atoms with Gasteiger partial charge in [0.25, 0.3) is 5.91 Å². The van der Waals surface area contributed by atoms with Gasteiger partial charge in [-0.05, 0) is 35.9 Å². The molecule has 154 valence electrons. The molecule has 0 fully saturated rings. The highest BCUT2D eigenvalue weighted by atomic mass is 16.5. The third kappa shape index (κ3) is 6.10. The minimum Gasteiger partial charge on any atom is -0.497 e. The lowest BCUT2D eigenvalue weighted by Crippen LogP contribution is -2.28. The van der Waals surface area contributed by atoms with Crippen LogP contribution in [0, 0.1) is 0 Å². The Balaban J connectivity index is 1.49. The smallest absolute Gasteiger partial charge is 0.339 e. The summed E-state index contributed by atoms with van der Waals surface area (Å²) in [6.07, 6.45) is 0. The van der Waals surface area contributed by atoms with Gasteiger partial charge < -0.3 is 19.5 Å². The normalized spacial score (nSPS) is 10.2. The zero-order valence-corrected chi connectivity index (χ0v) is 16.7. The lowest BCUT2D eigenvalue weighted by Gasteiger charge is -2.11. The lowest BCUT2D eigenvalue weighted by molar-refractivity contribution is -0.124. The monoisotopic (exact) mass is 405 g/mol. The van der Waals surface area contributed by atoms with Crippen molar-refractivity contribution in [3.63, 3.8) is 0 Å². The van der Waals surface area contributed by atoms with Crippen molar-refractivity contribution in [3.8, 4) is 11.5 Å². The van der Waals surface area contributed by atoms with Crippen molar-refractivity contribution in [1.82, 2.24) is 5.32 Å². The van der Waals surface area contributed by atoms with Crippen LogP contribution >= 0.6 is 0 Å². The molecule has 0 aliphatic rings. The van der Waals surface area contributed by atoms with Gasteiger partial charge in [-0.3, -0.25) is 4.79 Å². The maximum atomic E-state index is 12.5. The number of amides is 1. The number of nitrogens with one attached hydrogen (secondary N) is 1. The maximum absolute atomic E-state index is 12.5. The molecule has 0 saturated carbocycles. The van der Waals surface area contributed by atoms with Gasteiger partial charge in [-0.15, -0.1) is 0 Å². The van der Waals surface area contributed by atoms with Crippen LogP contribution in [0.5, 0.6) is 11.5 Å². The summed E-state index contributed by atoms with van der Waals surface area (Å²) in [6, 6.07) is 23.7. The van der Waals surface area contributed by atoms with E-state index < -0.39 is 5.97 Å². The molecule has 0 spiro atoms. The lowest BCUT2D eigenvalue weighted by atomic mass is 10.1. The number of hydrogen-bond acceptors (Lipinski definition) is 5. The Labute approximate surface area is 175 Å². The van der Waals surface area contributed by atoms with Crippen LogP contribution in [0.3, 0.4) is 0 Å². The number of rotatable bonds is 9. The van der Waals surface area contributed by atoms with E-state index in [-0.39, 0.29) is 19.1 Å². The van der Waals surface area contributed by atoms with Crippen LogP contribution < -0.4 is 14.8 Å². The van der Waals surface area contributed by atoms with Gasteiger partial charge >= 0.3 is 5.97 Å². The topological polar surface area (TPSA) is 73.9 Å². The van der Waals surface area contributed by atoms with Gasteiger partial charge in [0.2, 0.25) is 0 Å². The highest BCUT2D eigenvalue weighted by Gasteiger charge is 2.14. The summed E-state index contributed by atoms with van der Waals surface area (Å²) in [5.74, 6) is 0.506. The van der Waals surface area contributed by atoms with E-state index in [0.717, 1.165) is 11.3 Å². The molecule has 6 nitrogen and oxygen atoms in total. The molecule has 30 heavy (non-hydrogen) atoms. The van der Waals surface area contributed by atoms with Gasteiger partial charge in [0.1, 0.15) is 18.1 Å². The van der Waals surface area contributed by atoms with Crippen LogP contribution in [0.15, 0.2) is 78.9 Å². The maximum Gasteiger partial charge on any atom is 0.339 e. The molecule has 0 bridgehead atoms. The minimum absolute atomic E-state index is 0.221. The first-order valence-electron chi connectivity index (χ1n) is 9.48. The number of benzene rings is 3. The van der Waals surface area contributed by atoms with Gasteiger partial charge in [0.05, 0.1) is 12.7 Å². The van der Waals surface area contributed by atoms with Crippen molar-refractivity contribution in [1.29, 1.82) is 0 Å². The van der Waals surface area contributed by atoms with Crippen LogP contribution in [0.1, 0.15) is 21.5 Å². The summed E-state index contributed by atoms with van der Waals surface area (Å²) in [6.45, 7) is 0.198. The van der Waals surface area contributed by atoms with E-state index in [4.69, 9.17) is 14.2 Å². The number of methoxy groups -OCH3 is 1. The summed E-state index contributed by atoms with van der Waals surface area (Å²) in [7, 11) is 1.59. The van der Waals surface area contributed by atoms with Crippen molar-refractivity contribution in [2.24, 2.45) is 0 Å². The Morgan fingerprint density at radius 2 is 1.53 bits per heavy atom. The van der Waals surface area contributed by atoms with E-state index in [1.165, 1.54) is 0 Å². The first kappa shape index (κ1) is 20.9. The van der Waals surface area contributed by atoms with Gasteiger partial charge in [-0.2, -0.15) is 0 Å². The van der Waals surface area contributed by atoms with Crippen LogP contribution in [0.4, 0.5) is 0 Å². The Morgan fingerprint density at radius 3 is 2.27 bits per heavy atom. The quantitative estimate of drug-likeness (QED) is 0.549. The van der Waals surface area contributed by atoms with E-state index in [9.17, 15) is 9.59 Å². The first-order chi connectivity index (χ1) is 14.7. The van der Waals surface area contributed by atoms with Gasteiger partial charge in [-0.25, -0.2) is 4.79 Å². The fourth-order valence-electron chi connectivity index (χ4n) is 2.73. The number of carbonyl (C=O) groups excluding carboxylic acids is 2. The number of para-hydroxylation sites is 1. The molecule has 0 aliphatic heterocycles. The van der Waals surface area contributed by atoms with Gasteiger partial charge in [-0.1, -0.05) is 48.5 Å². The largest absolute Gasteiger partial charge is 0.497 e. The summed E-state index contributed by atoms with van der Waals surface area (Å²) >= 11 is 0. The van der Waals surface area contributed by atoms with Gasteiger partial charge in [0, 0.05) is 12.1 Å². The molecule has 3 aromatic carbocycles. The Bertz CT molecular complexity index is 970. The van der Waals surface area contributed by atoms with Crippen molar-refractivity contribution in [3.05, 3.63) is 95.6 Å². The Morgan fingerprint density at radius 1 is 0.833 bits per heavy atom. The zero-order chi connectivity index (χ0) is 21.2. The Kier molecular flexibility index (Phi) is 7.44. The zero-order valence-electron chi connectivity index (χ0n) is 16.7. The number of hydrogen-bond donors (Lipinski definition) is 1. The molecule has 0 aliphatic carbocycles. The average molecular weight is 405 g/mol. The molecular formula is C24H23NO5. The SMILES string of the molecule is COc1ccc(CNC(=O)COC(=O)c2ccccc2COc2ccccc2)cc1. The highest BCUT2D eigenvalue weighted by Crippen LogP contribution is 2.16. The van der Waals surface area contributed by atoms with Crippen molar-refractivity contribution in [2.75, 3.05) is 13.7 Å². The fraction of sp³-hybridized carbons (Fsp3) is 0.167. The van der Waals surface area contributed by atoms with Crippen molar-refractivity contribution < 1.29 is 23.8 Å².